The van der Waals surface area contributed by atoms with E-state index in [4.69, 9.17) is 15.3 Å². The maximum absolute atomic E-state index is 10.8. The summed E-state index contributed by atoms with van der Waals surface area (Å²) < 4.78 is 25.9. The zero-order valence-electron chi connectivity index (χ0n) is 19.8. The van der Waals surface area contributed by atoms with Crippen LogP contribution in [0.25, 0.3) is 21.8 Å². The molecule has 0 saturated carbocycles. The third-order valence-electron chi connectivity index (χ3n) is 5.45. The van der Waals surface area contributed by atoms with Crippen LogP contribution in [0.2, 0.25) is 0 Å². The van der Waals surface area contributed by atoms with Gasteiger partial charge in [0.15, 0.2) is 0 Å². The molecule has 1 aromatic heterocycles. The van der Waals surface area contributed by atoms with E-state index < -0.39 is 10.1 Å². The van der Waals surface area contributed by atoms with Crippen LogP contribution in [-0.2, 0) is 21.3 Å². The van der Waals surface area contributed by atoms with E-state index in [1.165, 1.54) is 5.56 Å². The van der Waals surface area contributed by atoms with Crippen molar-refractivity contribution in [3.63, 3.8) is 0 Å². The molecule has 7 nitrogen and oxygen atoms in total. The molecule has 0 aliphatic rings. The van der Waals surface area contributed by atoms with Crippen LogP contribution in [0.15, 0.2) is 72.8 Å². The van der Waals surface area contributed by atoms with E-state index in [0.29, 0.717) is 12.7 Å². The Balaban J connectivity index is 0.000000623. The van der Waals surface area contributed by atoms with Gasteiger partial charge in [-0.1, -0.05) is 61.4 Å². The first-order valence-electron chi connectivity index (χ1n) is 11.5. The van der Waals surface area contributed by atoms with Gasteiger partial charge in [0.25, 0.3) is 10.1 Å². The Labute approximate surface area is 206 Å². The molecule has 3 aromatic carbocycles. The van der Waals surface area contributed by atoms with Crippen LogP contribution < -0.4 is 11.1 Å². The van der Waals surface area contributed by atoms with Crippen LogP contribution in [-0.4, -0.2) is 30.1 Å². The summed E-state index contributed by atoms with van der Waals surface area (Å²) in [6.07, 6.45) is 6.48. The number of hydrogen-bond acceptors (Lipinski definition) is 5. The highest BCUT2D eigenvalue weighted by Crippen LogP contribution is 2.33. The molecular formula is C27H31N3O4S. The normalized spacial score (nSPS) is 11.1. The van der Waals surface area contributed by atoms with E-state index in [9.17, 15) is 13.2 Å². The molecule has 4 aromatic rings. The lowest BCUT2D eigenvalue weighted by atomic mass is 10.0. The van der Waals surface area contributed by atoms with Gasteiger partial charge in [0.2, 0.25) is 5.91 Å². The molecule has 0 aliphatic carbocycles. The first-order valence-corrected chi connectivity index (χ1v) is 13.4. The van der Waals surface area contributed by atoms with Crippen LogP contribution >= 0.6 is 0 Å². The third kappa shape index (κ3) is 8.66. The third-order valence-corrected chi connectivity index (χ3v) is 5.45. The summed E-state index contributed by atoms with van der Waals surface area (Å²) in [6.45, 7) is 0. The number of para-hydroxylation sites is 2. The summed E-state index contributed by atoms with van der Waals surface area (Å²) in [5.41, 5.74) is 10.7. The number of hydrogen-bond donors (Lipinski definition) is 3. The number of nitrogens with one attached hydrogen (secondary N) is 1. The van der Waals surface area contributed by atoms with Crippen LogP contribution in [0.4, 0.5) is 11.4 Å². The van der Waals surface area contributed by atoms with Gasteiger partial charge in [-0.3, -0.25) is 9.35 Å². The van der Waals surface area contributed by atoms with Gasteiger partial charge in [-0.15, -0.1) is 0 Å². The molecule has 0 saturated heterocycles. The molecule has 0 radical (unpaired) electrons. The summed E-state index contributed by atoms with van der Waals surface area (Å²) in [4.78, 5) is 15.6. The Bertz CT molecular complexity index is 1320. The van der Waals surface area contributed by atoms with Crippen molar-refractivity contribution in [3.8, 4) is 0 Å². The Morgan fingerprint density at radius 2 is 1.37 bits per heavy atom. The molecule has 0 fully saturated rings. The Hall–Kier alpha value is -3.49. The summed E-state index contributed by atoms with van der Waals surface area (Å²) in [5.74, 6) is -0.201. The fraction of sp³-hybridized carbons (Fsp3) is 0.259. The second-order valence-corrected chi connectivity index (χ2v) is 9.92. The number of amides is 1. The fourth-order valence-electron chi connectivity index (χ4n) is 3.86. The predicted octanol–water partition coefficient (Wildman–Crippen LogP) is 5.61. The number of aromatic nitrogens is 1. The van der Waals surface area contributed by atoms with Crippen LogP contribution in [0, 0.1) is 0 Å². The van der Waals surface area contributed by atoms with Gasteiger partial charge in [-0.2, -0.15) is 8.42 Å². The van der Waals surface area contributed by atoms with Crippen molar-refractivity contribution in [2.75, 3.05) is 11.6 Å². The van der Waals surface area contributed by atoms with Crippen molar-refractivity contribution in [1.29, 1.82) is 0 Å². The average molecular weight is 494 g/mol. The minimum absolute atomic E-state index is 0.201. The molecule has 0 atom stereocenters. The molecule has 0 aliphatic heterocycles. The Kier molecular flexibility index (Phi) is 9.17. The quantitative estimate of drug-likeness (QED) is 0.158. The van der Waals surface area contributed by atoms with Gasteiger partial charge < -0.3 is 11.1 Å². The van der Waals surface area contributed by atoms with Gasteiger partial charge in [-0.25, -0.2) is 4.98 Å². The lowest BCUT2D eigenvalue weighted by molar-refractivity contribution is -0.118. The number of rotatable bonds is 9. The number of primary amides is 1. The summed E-state index contributed by atoms with van der Waals surface area (Å²) in [6, 6.07) is 25.2. The number of benzene rings is 3. The van der Waals surface area contributed by atoms with Gasteiger partial charge in [0.05, 0.1) is 23.0 Å². The van der Waals surface area contributed by atoms with E-state index in [1.54, 1.807) is 0 Å². The SMILES string of the molecule is CS(=O)(=O)O.NC(=O)CCCCCCc1ccc(Nc2c3ccccc3nc3ccccc23)cc1. The fourth-order valence-corrected chi connectivity index (χ4v) is 3.86. The Morgan fingerprint density at radius 1 is 0.857 bits per heavy atom. The topological polar surface area (TPSA) is 122 Å². The number of pyridine rings is 1. The van der Waals surface area contributed by atoms with E-state index in [-0.39, 0.29) is 5.91 Å². The second kappa shape index (κ2) is 12.3. The minimum atomic E-state index is -3.67. The largest absolute Gasteiger partial charge is 0.370 e. The van der Waals surface area contributed by atoms with Crippen molar-refractivity contribution in [2.45, 2.75) is 38.5 Å². The highest BCUT2D eigenvalue weighted by atomic mass is 32.2. The number of unbranched alkanes of at least 4 members (excludes halogenated alkanes) is 3. The highest BCUT2D eigenvalue weighted by molar-refractivity contribution is 7.85. The van der Waals surface area contributed by atoms with E-state index in [2.05, 4.69) is 66.0 Å². The molecule has 8 heteroatoms. The van der Waals surface area contributed by atoms with Crippen molar-refractivity contribution in [3.05, 3.63) is 78.4 Å². The lowest BCUT2D eigenvalue weighted by Gasteiger charge is -2.13. The monoisotopic (exact) mass is 493 g/mol. The molecule has 0 bridgehead atoms. The van der Waals surface area contributed by atoms with Gasteiger partial charge in [0.1, 0.15) is 0 Å². The van der Waals surface area contributed by atoms with E-state index in [0.717, 1.165) is 65.3 Å². The first-order chi connectivity index (χ1) is 16.7. The molecule has 0 spiro atoms. The molecule has 4 rings (SSSR count). The zero-order valence-corrected chi connectivity index (χ0v) is 20.6. The number of nitrogens with two attached hydrogens (primary N) is 1. The summed E-state index contributed by atoms with van der Waals surface area (Å²) >= 11 is 0. The molecular weight excluding hydrogens is 462 g/mol. The molecule has 1 amide bonds. The van der Waals surface area contributed by atoms with E-state index >= 15 is 0 Å². The van der Waals surface area contributed by atoms with Crippen molar-refractivity contribution in [2.24, 2.45) is 5.73 Å². The number of anilines is 2. The average Bonchev–Trinajstić information content (AvgIpc) is 2.81. The molecule has 1 heterocycles. The maximum Gasteiger partial charge on any atom is 0.261 e. The van der Waals surface area contributed by atoms with Crippen molar-refractivity contribution >= 4 is 49.2 Å². The number of carbonyl (C=O) groups is 1. The van der Waals surface area contributed by atoms with Crippen LogP contribution in [0.3, 0.4) is 0 Å². The second-order valence-electron chi connectivity index (χ2n) is 8.46. The van der Waals surface area contributed by atoms with E-state index in [1.807, 2.05) is 12.1 Å². The molecule has 4 N–H and O–H groups in total. The number of fused-ring (bicyclic) bond motifs is 2. The molecule has 35 heavy (non-hydrogen) atoms. The lowest BCUT2D eigenvalue weighted by Crippen LogP contribution is -2.09. The summed E-state index contributed by atoms with van der Waals surface area (Å²) in [7, 11) is -3.67. The number of nitrogens with zero attached hydrogens (tertiary/aromatic N) is 1. The number of carbonyl (C=O) groups excluding carboxylic acids is 1. The van der Waals surface area contributed by atoms with Gasteiger partial charge in [0, 0.05) is 22.9 Å². The Morgan fingerprint density at radius 3 is 1.91 bits per heavy atom. The minimum Gasteiger partial charge on any atom is -0.370 e. The van der Waals surface area contributed by atoms with Crippen molar-refractivity contribution < 1.29 is 17.8 Å². The van der Waals surface area contributed by atoms with Crippen LogP contribution in [0.5, 0.6) is 0 Å². The number of aryl methyl sites for hydroxylation is 1. The highest BCUT2D eigenvalue weighted by Gasteiger charge is 2.09. The predicted molar refractivity (Wildman–Crippen MR) is 142 cm³/mol. The van der Waals surface area contributed by atoms with Gasteiger partial charge in [-0.05, 0) is 49.1 Å². The molecule has 184 valence electrons. The molecule has 0 unspecified atom stereocenters. The zero-order chi connectivity index (χ0) is 25.3. The van der Waals surface area contributed by atoms with Crippen LogP contribution in [0.1, 0.15) is 37.7 Å². The maximum atomic E-state index is 10.8. The summed E-state index contributed by atoms with van der Waals surface area (Å²) in [5, 5.41) is 5.87. The van der Waals surface area contributed by atoms with Gasteiger partial charge >= 0.3 is 0 Å². The first kappa shape index (κ1) is 26.1. The van der Waals surface area contributed by atoms with Crippen molar-refractivity contribution in [1.82, 2.24) is 4.98 Å². The smallest absolute Gasteiger partial charge is 0.261 e. The standard InChI is InChI=1S/C26H27N3O.CH4O3S/c27-25(30)14-4-2-1-3-9-19-15-17-20(18-16-19)28-26-21-10-5-7-12-23(21)29-24-13-8-6-11-22(24)26;1-5(2,3)4/h5-8,10-13,15-18H,1-4,9,14H2,(H2,27,30)(H,28,29);1H3,(H,2,3,4).